The van der Waals surface area contributed by atoms with Crippen LogP contribution in [0.15, 0.2) is 78.0 Å². The molecule has 2 atom stereocenters. The molecule has 0 heterocycles. The minimum atomic E-state index is -1.13. The topological polar surface area (TPSA) is 106 Å². The van der Waals surface area contributed by atoms with Gasteiger partial charge in [-0.3, -0.25) is 4.79 Å². The average Bonchev–Trinajstić information content (AvgIpc) is 2.89. The fourth-order valence-corrected chi connectivity index (χ4v) is 4.06. The zero-order valence-corrected chi connectivity index (χ0v) is 20.7. The lowest BCUT2D eigenvalue weighted by atomic mass is 9.93. The second-order valence-electron chi connectivity index (χ2n) is 8.10. The number of amides is 1. The fraction of sp³-hybridized carbons (Fsp3) is 0.250. The third kappa shape index (κ3) is 6.21. The van der Waals surface area contributed by atoms with Crippen LogP contribution < -0.4 is 14.8 Å². The molecule has 8 heteroatoms. The summed E-state index contributed by atoms with van der Waals surface area (Å²) in [5, 5.41) is 16.4. The maximum absolute atomic E-state index is 13.2. The van der Waals surface area contributed by atoms with Crippen molar-refractivity contribution < 1.29 is 29.0 Å². The van der Waals surface area contributed by atoms with E-state index in [4.69, 9.17) is 14.3 Å². The molecule has 188 valence electrons. The van der Waals surface area contributed by atoms with Crippen LogP contribution in [-0.4, -0.2) is 50.1 Å². The number of methoxy groups -OCH3 is 2. The summed E-state index contributed by atoms with van der Waals surface area (Å²) in [7, 11) is 4.58. The first kappa shape index (κ1) is 26.3. The van der Waals surface area contributed by atoms with Crippen LogP contribution in [-0.2, 0) is 20.8 Å². The molecule has 3 aromatic rings. The van der Waals surface area contributed by atoms with E-state index in [1.54, 1.807) is 33.3 Å². The Balaban J connectivity index is 1.82. The molecule has 3 rings (SSSR count). The van der Waals surface area contributed by atoms with Gasteiger partial charge in [0.05, 0.1) is 25.5 Å². The summed E-state index contributed by atoms with van der Waals surface area (Å²) in [6.07, 6.45) is 0.104. The number of nitrogens with one attached hydrogen (secondary N) is 1. The lowest BCUT2D eigenvalue weighted by molar-refractivity contribution is -0.141. The number of ether oxygens (including phenoxy) is 2. The molecule has 8 nitrogen and oxygen atoms in total. The molecule has 0 radical (unpaired) electrons. The number of carboxylic acid groups (broad SMARTS) is 1. The summed E-state index contributed by atoms with van der Waals surface area (Å²) in [5.41, 5.74) is 3.52. The van der Waals surface area contributed by atoms with Crippen LogP contribution in [0.25, 0.3) is 11.1 Å². The molecule has 0 aliphatic carbocycles. The standard InChI is InChI=1S/C28H30N2O6/c1-18(30-36-4)25(20-9-6-5-7-10-20)27(31)29-22(28(32)33)17-19-13-15-21(16-14-19)26-23(34-2)11-8-12-24(26)35-3/h5-16,22,25H,17H2,1-4H3,(H,29,31)(H,32,33)/t22-,25?/m0/s1. The van der Waals surface area contributed by atoms with E-state index in [1.165, 1.54) is 7.11 Å². The molecule has 0 aliphatic rings. The monoisotopic (exact) mass is 490 g/mol. The Kier molecular flexibility index (Phi) is 9.05. The fourth-order valence-electron chi connectivity index (χ4n) is 4.06. The summed E-state index contributed by atoms with van der Waals surface area (Å²) in [6.45, 7) is 1.67. The van der Waals surface area contributed by atoms with Gasteiger partial charge in [0.15, 0.2) is 0 Å². The van der Waals surface area contributed by atoms with E-state index in [9.17, 15) is 14.7 Å². The molecular weight excluding hydrogens is 460 g/mol. The van der Waals surface area contributed by atoms with Crippen LogP contribution in [0, 0.1) is 0 Å². The van der Waals surface area contributed by atoms with Crippen LogP contribution in [0.5, 0.6) is 11.5 Å². The number of carbonyl (C=O) groups excluding carboxylic acids is 1. The normalized spacial score (nSPS) is 12.8. The van der Waals surface area contributed by atoms with Gasteiger partial charge in [-0.1, -0.05) is 65.8 Å². The largest absolute Gasteiger partial charge is 0.496 e. The number of carbonyl (C=O) groups is 2. The van der Waals surface area contributed by atoms with Gasteiger partial charge in [0.1, 0.15) is 30.6 Å². The summed E-state index contributed by atoms with van der Waals surface area (Å²) in [4.78, 5) is 30.1. The summed E-state index contributed by atoms with van der Waals surface area (Å²) >= 11 is 0. The maximum atomic E-state index is 13.2. The van der Waals surface area contributed by atoms with Crippen LogP contribution in [0.3, 0.4) is 0 Å². The van der Waals surface area contributed by atoms with E-state index in [1.807, 2.05) is 60.7 Å². The highest BCUT2D eigenvalue weighted by Crippen LogP contribution is 2.38. The molecule has 0 saturated carbocycles. The van der Waals surface area contributed by atoms with Crippen molar-refractivity contribution in [3.63, 3.8) is 0 Å². The number of aliphatic carboxylic acids is 1. The predicted molar refractivity (Wildman–Crippen MR) is 138 cm³/mol. The SMILES string of the molecule is CON=C(C)C(C(=O)N[C@@H](Cc1ccc(-c2c(OC)cccc2OC)cc1)C(=O)O)c1ccccc1. The molecule has 0 fully saturated rings. The molecule has 0 aliphatic heterocycles. The van der Waals surface area contributed by atoms with E-state index in [2.05, 4.69) is 10.5 Å². The smallest absolute Gasteiger partial charge is 0.326 e. The third-order valence-electron chi connectivity index (χ3n) is 5.77. The van der Waals surface area contributed by atoms with Gasteiger partial charge in [-0.05, 0) is 35.7 Å². The summed E-state index contributed by atoms with van der Waals surface area (Å²) in [5.74, 6) is -1.06. The van der Waals surface area contributed by atoms with Crippen molar-refractivity contribution in [1.82, 2.24) is 5.32 Å². The van der Waals surface area contributed by atoms with Crippen molar-refractivity contribution in [3.8, 4) is 22.6 Å². The van der Waals surface area contributed by atoms with Gasteiger partial charge in [-0.15, -0.1) is 0 Å². The lowest BCUT2D eigenvalue weighted by Crippen LogP contribution is -2.45. The van der Waals surface area contributed by atoms with Crippen LogP contribution >= 0.6 is 0 Å². The number of hydrogen-bond donors (Lipinski definition) is 2. The van der Waals surface area contributed by atoms with Gasteiger partial charge in [0.2, 0.25) is 5.91 Å². The van der Waals surface area contributed by atoms with Crippen molar-refractivity contribution >= 4 is 17.6 Å². The molecule has 0 saturated heterocycles. The number of carboxylic acids is 1. The molecule has 1 amide bonds. The van der Waals surface area contributed by atoms with Gasteiger partial charge in [0, 0.05) is 6.42 Å². The highest BCUT2D eigenvalue weighted by atomic mass is 16.6. The first-order valence-corrected chi connectivity index (χ1v) is 11.4. The van der Waals surface area contributed by atoms with E-state index in [0.717, 1.165) is 16.7 Å². The molecular formula is C28H30N2O6. The second-order valence-corrected chi connectivity index (χ2v) is 8.10. The maximum Gasteiger partial charge on any atom is 0.326 e. The Morgan fingerprint density at radius 2 is 1.50 bits per heavy atom. The van der Waals surface area contributed by atoms with Crippen LogP contribution in [0.1, 0.15) is 24.0 Å². The third-order valence-corrected chi connectivity index (χ3v) is 5.77. The van der Waals surface area contributed by atoms with Gasteiger partial charge in [-0.2, -0.15) is 0 Å². The highest BCUT2D eigenvalue weighted by Gasteiger charge is 2.29. The number of oxime groups is 1. The van der Waals surface area contributed by atoms with Crippen molar-refractivity contribution in [3.05, 3.63) is 83.9 Å². The molecule has 0 bridgehead atoms. The van der Waals surface area contributed by atoms with E-state index in [0.29, 0.717) is 22.8 Å². The predicted octanol–water partition coefficient (Wildman–Crippen LogP) is 4.29. The molecule has 3 aromatic carbocycles. The Bertz CT molecular complexity index is 1190. The van der Waals surface area contributed by atoms with Gasteiger partial charge >= 0.3 is 5.97 Å². The van der Waals surface area contributed by atoms with Gasteiger partial charge < -0.3 is 24.7 Å². The van der Waals surface area contributed by atoms with Crippen molar-refractivity contribution in [2.24, 2.45) is 5.16 Å². The Morgan fingerprint density at radius 3 is 2.03 bits per heavy atom. The zero-order chi connectivity index (χ0) is 26.1. The summed E-state index contributed by atoms with van der Waals surface area (Å²) < 4.78 is 11.0. The first-order valence-electron chi connectivity index (χ1n) is 11.4. The van der Waals surface area contributed by atoms with Crippen molar-refractivity contribution in [2.75, 3.05) is 21.3 Å². The highest BCUT2D eigenvalue weighted by molar-refractivity contribution is 6.08. The van der Waals surface area contributed by atoms with Gasteiger partial charge in [0.25, 0.3) is 0 Å². The number of nitrogens with zero attached hydrogens (tertiary/aromatic N) is 1. The minimum Gasteiger partial charge on any atom is -0.496 e. The molecule has 0 aromatic heterocycles. The molecule has 0 spiro atoms. The minimum absolute atomic E-state index is 0.104. The lowest BCUT2D eigenvalue weighted by Gasteiger charge is -2.21. The quantitative estimate of drug-likeness (QED) is 0.307. The van der Waals surface area contributed by atoms with Gasteiger partial charge in [-0.25, -0.2) is 4.79 Å². The Hall–Kier alpha value is -4.33. The van der Waals surface area contributed by atoms with E-state index < -0.39 is 23.8 Å². The Labute approximate surface area is 210 Å². The molecule has 1 unspecified atom stereocenters. The average molecular weight is 491 g/mol. The molecule has 2 N–H and O–H groups in total. The van der Waals surface area contributed by atoms with Crippen LogP contribution in [0.4, 0.5) is 0 Å². The summed E-state index contributed by atoms with van der Waals surface area (Å²) in [6, 6.07) is 20.8. The van der Waals surface area contributed by atoms with Crippen LogP contribution in [0.2, 0.25) is 0 Å². The number of benzene rings is 3. The first-order chi connectivity index (χ1) is 17.4. The van der Waals surface area contributed by atoms with Crippen molar-refractivity contribution in [1.29, 1.82) is 0 Å². The number of hydrogen-bond acceptors (Lipinski definition) is 6. The number of rotatable bonds is 11. The zero-order valence-electron chi connectivity index (χ0n) is 20.7. The van der Waals surface area contributed by atoms with E-state index in [-0.39, 0.29) is 6.42 Å². The van der Waals surface area contributed by atoms with E-state index >= 15 is 0 Å². The molecule has 36 heavy (non-hydrogen) atoms. The Morgan fingerprint density at radius 1 is 0.889 bits per heavy atom. The van der Waals surface area contributed by atoms with Crippen molar-refractivity contribution in [2.45, 2.75) is 25.3 Å². The second kappa shape index (κ2) is 12.4.